The normalized spacial score (nSPS) is 27.4. The number of hydrogen-bond donors (Lipinski definition) is 0. The molecule has 6 heteroatoms. The van der Waals surface area contributed by atoms with E-state index in [0.717, 1.165) is 0 Å². The van der Waals surface area contributed by atoms with Crippen molar-refractivity contribution in [1.82, 2.24) is 0 Å². The molecule has 0 amide bonds. The van der Waals surface area contributed by atoms with Gasteiger partial charge in [0.1, 0.15) is 19.3 Å². The molecule has 0 aromatic carbocycles. The SMILES string of the molecule is C=CCOC1=C(OCC=C)C(C2COC(C)(C)O2)OC1=O. The maximum absolute atomic E-state index is 11.9. The minimum absolute atomic E-state index is 0.0510. The summed E-state index contributed by atoms with van der Waals surface area (Å²) in [5.74, 6) is -0.928. The smallest absolute Gasteiger partial charge is 0.378 e. The van der Waals surface area contributed by atoms with Crippen LogP contribution in [0.5, 0.6) is 0 Å². The predicted octanol–water partition coefficient (Wildman–Crippen LogP) is 1.68. The van der Waals surface area contributed by atoms with Crippen molar-refractivity contribution < 1.29 is 28.5 Å². The Morgan fingerprint density at radius 3 is 2.52 bits per heavy atom. The van der Waals surface area contributed by atoms with Crippen LogP contribution in [0, 0.1) is 0 Å². The third-order valence-electron chi connectivity index (χ3n) is 2.97. The van der Waals surface area contributed by atoms with Gasteiger partial charge in [-0.1, -0.05) is 25.3 Å². The lowest BCUT2D eigenvalue weighted by Gasteiger charge is -2.21. The number of ether oxygens (including phenoxy) is 5. The van der Waals surface area contributed by atoms with Crippen molar-refractivity contribution in [3.63, 3.8) is 0 Å². The Balaban J connectivity index is 2.19. The fraction of sp³-hybridized carbons (Fsp3) is 0.533. The lowest BCUT2D eigenvalue weighted by atomic mass is 10.2. The van der Waals surface area contributed by atoms with Gasteiger partial charge >= 0.3 is 5.97 Å². The van der Waals surface area contributed by atoms with Gasteiger partial charge < -0.3 is 23.7 Å². The summed E-state index contributed by atoms with van der Waals surface area (Å²) in [6, 6.07) is 0. The van der Waals surface area contributed by atoms with Gasteiger partial charge in [0.2, 0.25) is 5.76 Å². The second-order valence-corrected chi connectivity index (χ2v) is 5.09. The van der Waals surface area contributed by atoms with E-state index in [1.807, 2.05) is 0 Å². The highest BCUT2D eigenvalue weighted by Gasteiger charge is 2.48. The first-order chi connectivity index (χ1) is 9.98. The van der Waals surface area contributed by atoms with E-state index in [4.69, 9.17) is 23.7 Å². The quantitative estimate of drug-likeness (QED) is 0.526. The van der Waals surface area contributed by atoms with Crippen LogP contribution in [0.25, 0.3) is 0 Å². The van der Waals surface area contributed by atoms with E-state index < -0.39 is 24.0 Å². The molecule has 0 saturated carbocycles. The van der Waals surface area contributed by atoms with E-state index in [9.17, 15) is 4.79 Å². The number of hydrogen-bond acceptors (Lipinski definition) is 6. The van der Waals surface area contributed by atoms with Crippen LogP contribution in [-0.2, 0) is 28.5 Å². The topological polar surface area (TPSA) is 63.2 Å². The molecule has 116 valence electrons. The van der Waals surface area contributed by atoms with Crippen molar-refractivity contribution in [2.24, 2.45) is 0 Å². The molecule has 2 aliphatic heterocycles. The molecule has 0 N–H and O–H groups in total. The molecular formula is C15H20O6. The number of carbonyl (C=O) groups excluding carboxylic acids is 1. The second kappa shape index (κ2) is 6.32. The molecular weight excluding hydrogens is 276 g/mol. The van der Waals surface area contributed by atoms with Crippen LogP contribution in [0.3, 0.4) is 0 Å². The molecule has 0 bridgehead atoms. The first-order valence-corrected chi connectivity index (χ1v) is 6.73. The monoisotopic (exact) mass is 296 g/mol. The van der Waals surface area contributed by atoms with E-state index >= 15 is 0 Å². The van der Waals surface area contributed by atoms with Gasteiger partial charge in [0.05, 0.1) is 6.61 Å². The van der Waals surface area contributed by atoms with E-state index in [-0.39, 0.29) is 19.0 Å². The zero-order valence-corrected chi connectivity index (χ0v) is 12.3. The number of rotatable bonds is 7. The molecule has 1 fully saturated rings. The van der Waals surface area contributed by atoms with Crippen LogP contribution in [0.4, 0.5) is 0 Å². The summed E-state index contributed by atoms with van der Waals surface area (Å²) in [4.78, 5) is 11.9. The Morgan fingerprint density at radius 2 is 1.95 bits per heavy atom. The van der Waals surface area contributed by atoms with Crippen molar-refractivity contribution in [2.75, 3.05) is 19.8 Å². The molecule has 2 aliphatic rings. The van der Waals surface area contributed by atoms with Gasteiger partial charge in [-0.15, -0.1) is 0 Å². The van der Waals surface area contributed by atoms with Crippen molar-refractivity contribution in [3.05, 3.63) is 36.8 Å². The van der Waals surface area contributed by atoms with Gasteiger partial charge in [0, 0.05) is 0 Å². The molecule has 0 aromatic rings. The minimum Gasteiger partial charge on any atom is -0.486 e. The highest BCUT2D eigenvalue weighted by molar-refractivity contribution is 5.89. The molecule has 0 radical (unpaired) electrons. The average molecular weight is 296 g/mol. The van der Waals surface area contributed by atoms with Crippen LogP contribution < -0.4 is 0 Å². The molecule has 2 rings (SSSR count). The fourth-order valence-electron chi connectivity index (χ4n) is 2.13. The summed E-state index contributed by atoms with van der Waals surface area (Å²) >= 11 is 0. The maximum Gasteiger partial charge on any atom is 0.378 e. The van der Waals surface area contributed by atoms with Gasteiger partial charge in [-0.05, 0) is 13.8 Å². The van der Waals surface area contributed by atoms with Crippen molar-refractivity contribution >= 4 is 5.97 Å². The summed E-state index contributed by atoms with van der Waals surface area (Å²) in [5, 5.41) is 0. The first-order valence-electron chi connectivity index (χ1n) is 6.73. The lowest BCUT2D eigenvalue weighted by molar-refractivity contribution is -0.163. The summed E-state index contributed by atoms with van der Waals surface area (Å²) in [6.07, 6.45) is 2.00. The van der Waals surface area contributed by atoms with Crippen molar-refractivity contribution in [2.45, 2.75) is 31.8 Å². The van der Waals surface area contributed by atoms with Crippen molar-refractivity contribution in [1.29, 1.82) is 0 Å². The van der Waals surface area contributed by atoms with E-state index in [0.29, 0.717) is 12.4 Å². The maximum atomic E-state index is 11.9. The summed E-state index contributed by atoms with van der Waals surface area (Å²) in [5.41, 5.74) is 0. The number of cyclic esters (lactones) is 1. The van der Waals surface area contributed by atoms with Gasteiger partial charge in [0.25, 0.3) is 0 Å². The Bertz CT molecular complexity index is 465. The molecule has 2 atom stereocenters. The van der Waals surface area contributed by atoms with E-state index in [2.05, 4.69) is 13.2 Å². The Kier molecular flexibility index (Phi) is 4.69. The van der Waals surface area contributed by atoms with E-state index in [1.165, 1.54) is 6.08 Å². The van der Waals surface area contributed by atoms with E-state index in [1.54, 1.807) is 19.9 Å². The first kappa shape index (κ1) is 15.6. The number of carbonyl (C=O) groups is 1. The van der Waals surface area contributed by atoms with Gasteiger partial charge in [-0.2, -0.15) is 0 Å². The van der Waals surface area contributed by atoms with Crippen molar-refractivity contribution in [3.8, 4) is 0 Å². The zero-order valence-electron chi connectivity index (χ0n) is 12.3. The fourth-order valence-corrected chi connectivity index (χ4v) is 2.13. The summed E-state index contributed by atoms with van der Waals surface area (Å²) in [7, 11) is 0. The molecule has 6 nitrogen and oxygen atoms in total. The van der Waals surface area contributed by atoms with Crippen LogP contribution in [-0.4, -0.2) is 43.8 Å². The standard InChI is InChI=1S/C15H20O6/c1-5-7-17-12-11(10-9-19-15(3,4)21-10)20-14(16)13(12)18-8-6-2/h5-6,10-11H,1-2,7-9H2,3-4H3. The van der Waals surface area contributed by atoms with Crippen LogP contribution in [0.15, 0.2) is 36.8 Å². The summed E-state index contributed by atoms with van der Waals surface area (Å²) < 4.78 is 27.4. The zero-order chi connectivity index (χ0) is 15.5. The average Bonchev–Trinajstić information content (AvgIpc) is 2.94. The Morgan fingerprint density at radius 1 is 1.29 bits per heavy atom. The van der Waals surface area contributed by atoms with Gasteiger partial charge in [-0.3, -0.25) is 0 Å². The lowest BCUT2D eigenvalue weighted by Crippen LogP contribution is -2.33. The van der Waals surface area contributed by atoms with Crippen LogP contribution in [0.1, 0.15) is 13.8 Å². The summed E-state index contributed by atoms with van der Waals surface area (Å²) in [6.45, 7) is 11.5. The highest BCUT2D eigenvalue weighted by Crippen LogP contribution is 2.34. The third-order valence-corrected chi connectivity index (χ3v) is 2.97. The van der Waals surface area contributed by atoms with Crippen LogP contribution >= 0.6 is 0 Å². The highest BCUT2D eigenvalue weighted by atomic mass is 16.8. The number of esters is 1. The Labute approximate surface area is 123 Å². The molecule has 0 spiro atoms. The molecule has 1 saturated heterocycles. The third kappa shape index (κ3) is 3.46. The molecule has 0 aliphatic carbocycles. The second-order valence-electron chi connectivity index (χ2n) is 5.09. The molecule has 2 heterocycles. The molecule has 0 aromatic heterocycles. The molecule has 2 unspecified atom stereocenters. The van der Waals surface area contributed by atoms with Gasteiger partial charge in [0.15, 0.2) is 17.7 Å². The van der Waals surface area contributed by atoms with Crippen LogP contribution in [0.2, 0.25) is 0 Å². The molecule has 21 heavy (non-hydrogen) atoms. The predicted molar refractivity (Wildman–Crippen MR) is 74.1 cm³/mol. The van der Waals surface area contributed by atoms with Gasteiger partial charge in [-0.25, -0.2) is 4.79 Å². The largest absolute Gasteiger partial charge is 0.486 e. The Hall–Kier alpha value is -1.79. The minimum atomic E-state index is -0.717.